The summed E-state index contributed by atoms with van der Waals surface area (Å²) in [5.41, 5.74) is 0.0192. The molecule has 94 valence electrons. The molecule has 1 amide bonds. The maximum Gasteiger partial charge on any atom is 0.287 e. The highest BCUT2D eigenvalue weighted by Gasteiger charge is 2.16. The van der Waals surface area contributed by atoms with Crippen LogP contribution in [0.2, 0.25) is 0 Å². The average molecular weight is 260 g/mol. The van der Waals surface area contributed by atoms with Gasteiger partial charge < -0.3 is 10.3 Å². The summed E-state index contributed by atoms with van der Waals surface area (Å²) in [6, 6.07) is 1.19. The number of aromatic nitrogens is 1. The van der Waals surface area contributed by atoms with E-state index >= 15 is 0 Å². The minimum Gasteiger partial charge on any atom is -0.351 e. The lowest BCUT2D eigenvalue weighted by Gasteiger charge is -2.13. The third-order valence-electron chi connectivity index (χ3n) is 2.30. The molecule has 2 N–H and O–H groups in total. The van der Waals surface area contributed by atoms with Gasteiger partial charge in [-0.05, 0) is 5.92 Å². The minimum absolute atomic E-state index is 0.138. The van der Waals surface area contributed by atoms with Gasteiger partial charge in [0.1, 0.15) is 5.69 Å². The number of H-pyrrole nitrogens is 1. The fraction of sp³-hybridized carbons (Fsp3) is 0.500. The Hall–Kier alpha value is -1.56. The number of hydrogen-bond donors (Lipinski definition) is 2. The molecule has 0 aliphatic rings. The summed E-state index contributed by atoms with van der Waals surface area (Å²) in [6.07, 6.45) is 1.18. The van der Waals surface area contributed by atoms with Crippen LogP contribution in [0, 0.1) is 16.0 Å². The number of alkyl halides is 1. The summed E-state index contributed by atoms with van der Waals surface area (Å²) in [4.78, 5) is 24.0. The van der Waals surface area contributed by atoms with Crippen molar-refractivity contribution in [2.24, 2.45) is 5.92 Å². The molecule has 0 saturated carbocycles. The maximum atomic E-state index is 11.6. The molecular weight excluding hydrogens is 246 g/mol. The molecule has 7 heteroatoms. The molecule has 0 saturated heterocycles. The number of aromatic amines is 1. The number of nitrogens with zero attached hydrogens (tertiary/aromatic N) is 1. The van der Waals surface area contributed by atoms with Gasteiger partial charge in [0, 0.05) is 12.6 Å². The van der Waals surface area contributed by atoms with Gasteiger partial charge in [-0.2, -0.15) is 0 Å². The number of halogens is 1. The molecule has 17 heavy (non-hydrogen) atoms. The SMILES string of the molecule is CC(C)C(Cl)CNC(=O)c1cc([N+](=O)[O-])c[nH]1. The number of carbonyl (C=O) groups excluding carboxylic acids is 1. The Morgan fingerprint density at radius 1 is 1.65 bits per heavy atom. The molecule has 1 aromatic heterocycles. The average Bonchev–Trinajstić information content (AvgIpc) is 2.74. The largest absolute Gasteiger partial charge is 0.351 e. The van der Waals surface area contributed by atoms with Crippen LogP contribution in [0.4, 0.5) is 5.69 Å². The first kappa shape index (κ1) is 13.5. The molecule has 0 aliphatic heterocycles. The van der Waals surface area contributed by atoms with Crippen LogP contribution in [0.5, 0.6) is 0 Å². The van der Waals surface area contributed by atoms with E-state index in [9.17, 15) is 14.9 Å². The van der Waals surface area contributed by atoms with Gasteiger partial charge in [-0.15, -0.1) is 11.6 Å². The molecule has 0 fully saturated rings. The van der Waals surface area contributed by atoms with Gasteiger partial charge in [-0.3, -0.25) is 14.9 Å². The molecule has 0 bridgehead atoms. The van der Waals surface area contributed by atoms with Crippen LogP contribution in [0.15, 0.2) is 12.3 Å². The van der Waals surface area contributed by atoms with E-state index in [4.69, 9.17) is 11.6 Å². The van der Waals surface area contributed by atoms with E-state index in [1.807, 2.05) is 13.8 Å². The Morgan fingerprint density at radius 2 is 2.29 bits per heavy atom. The summed E-state index contributed by atoms with van der Waals surface area (Å²) in [6.45, 7) is 4.22. The van der Waals surface area contributed by atoms with Crippen LogP contribution >= 0.6 is 11.6 Å². The van der Waals surface area contributed by atoms with Crippen LogP contribution in [0.25, 0.3) is 0 Å². The fourth-order valence-corrected chi connectivity index (χ4v) is 1.22. The second-order valence-electron chi connectivity index (χ2n) is 4.00. The fourth-order valence-electron chi connectivity index (χ4n) is 1.14. The van der Waals surface area contributed by atoms with E-state index in [0.717, 1.165) is 0 Å². The van der Waals surface area contributed by atoms with Crippen molar-refractivity contribution >= 4 is 23.2 Å². The van der Waals surface area contributed by atoms with Crippen molar-refractivity contribution < 1.29 is 9.72 Å². The molecule has 0 aromatic carbocycles. The summed E-state index contributed by atoms with van der Waals surface area (Å²) < 4.78 is 0. The second-order valence-corrected chi connectivity index (χ2v) is 4.56. The highest BCUT2D eigenvalue weighted by molar-refractivity contribution is 6.21. The van der Waals surface area contributed by atoms with Crippen LogP contribution in [-0.2, 0) is 0 Å². The van der Waals surface area contributed by atoms with Crippen molar-refractivity contribution in [2.45, 2.75) is 19.2 Å². The third kappa shape index (κ3) is 3.74. The molecule has 0 radical (unpaired) electrons. The quantitative estimate of drug-likeness (QED) is 0.481. The molecule has 1 aromatic rings. The summed E-state index contributed by atoms with van der Waals surface area (Å²) in [5.74, 6) is -0.153. The molecular formula is C10H14ClN3O3. The van der Waals surface area contributed by atoms with Gasteiger partial charge in [0.15, 0.2) is 0 Å². The lowest BCUT2D eigenvalue weighted by atomic mass is 10.1. The predicted octanol–water partition coefficient (Wildman–Crippen LogP) is 1.92. The number of rotatable bonds is 5. The second kappa shape index (κ2) is 5.67. The van der Waals surface area contributed by atoms with Gasteiger partial charge >= 0.3 is 0 Å². The standard InChI is InChI=1S/C10H14ClN3O3/c1-6(2)8(11)5-13-10(15)9-3-7(4-12-9)14(16)17/h3-4,6,8,12H,5H2,1-2H3,(H,13,15). The Kier molecular flexibility index (Phi) is 4.51. The first-order valence-corrected chi connectivity index (χ1v) is 5.60. The first-order chi connectivity index (χ1) is 7.91. The summed E-state index contributed by atoms with van der Waals surface area (Å²) in [5, 5.41) is 12.9. The molecule has 0 spiro atoms. The number of nitrogens with one attached hydrogen (secondary N) is 2. The Labute approximate surface area is 103 Å². The zero-order valence-electron chi connectivity index (χ0n) is 9.57. The van der Waals surface area contributed by atoms with Crippen molar-refractivity contribution in [3.8, 4) is 0 Å². The van der Waals surface area contributed by atoms with E-state index in [1.54, 1.807) is 0 Å². The molecule has 6 nitrogen and oxygen atoms in total. The topological polar surface area (TPSA) is 88.0 Å². The Balaban J connectivity index is 2.55. The van der Waals surface area contributed by atoms with Crippen LogP contribution in [0.1, 0.15) is 24.3 Å². The van der Waals surface area contributed by atoms with Crippen LogP contribution in [-0.4, -0.2) is 27.7 Å². The van der Waals surface area contributed by atoms with Crippen molar-refractivity contribution in [3.63, 3.8) is 0 Å². The van der Waals surface area contributed by atoms with E-state index in [1.165, 1.54) is 12.3 Å². The van der Waals surface area contributed by atoms with Gasteiger partial charge in [-0.25, -0.2) is 0 Å². The lowest BCUT2D eigenvalue weighted by Crippen LogP contribution is -2.32. The normalized spacial score (nSPS) is 12.5. The summed E-state index contributed by atoms with van der Waals surface area (Å²) in [7, 11) is 0. The highest BCUT2D eigenvalue weighted by atomic mass is 35.5. The van der Waals surface area contributed by atoms with Gasteiger partial charge in [0.05, 0.1) is 16.5 Å². The molecule has 0 aliphatic carbocycles. The van der Waals surface area contributed by atoms with E-state index in [2.05, 4.69) is 10.3 Å². The van der Waals surface area contributed by atoms with Gasteiger partial charge in [0.25, 0.3) is 11.6 Å². The first-order valence-electron chi connectivity index (χ1n) is 5.17. The van der Waals surface area contributed by atoms with Crippen molar-refractivity contribution in [1.82, 2.24) is 10.3 Å². The lowest BCUT2D eigenvalue weighted by molar-refractivity contribution is -0.384. The van der Waals surface area contributed by atoms with Crippen molar-refractivity contribution in [3.05, 3.63) is 28.1 Å². The monoisotopic (exact) mass is 259 g/mol. The van der Waals surface area contributed by atoms with Crippen LogP contribution < -0.4 is 5.32 Å². The minimum atomic E-state index is -0.564. The zero-order valence-corrected chi connectivity index (χ0v) is 10.3. The molecule has 1 rings (SSSR count). The maximum absolute atomic E-state index is 11.6. The zero-order chi connectivity index (χ0) is 13.0. The van der Waals surface area contributed by atoms with E-state index < -0.39 is 10.8 Å². The Bertz CT molecular complexity index is 417. The summed E-state index contributed by atoms with van der Waals surface area (Å²) >= 11 is 5.97. The number of carbonyl (C=O) groups is 1. The van der Waals surface area contributed by atoms with Gasteiger partial charge in [0.2, 0.25) is 0 Å². The molecule has 1 heterocycles. The third-order valence-corrected chi connectivity index (χ3v) is 2.96. The van der Waals surface area contributed by atoms with Gasteiger partial charge in [-0.1, -0.05) is 13.8 Å². The number of nitro groups is 1. The predicted molar refractivity (Wildman–Crippen MR) is 64.3 cm³/mol. The van der Waals surface area contributed by atoms with E-state index in [-0.39, 0.29) is 22.7 Å². The molecule has 1 unspecified atom stereocenters. The molecule has 1 atom stereocenters. The van der Waals surface area contributed by atoms with Crippen molar-refractivity contribution in [1.29, 1.82) is 0 Å². The number of hydrogen-bond acceptors (Lipinski definition) is 3. The van der Waals surface area contributed by atoms with Crippen molar-refractivity contribution in [2.75, 3.05) is 6.54 Å². The Morgan fingerprint density at radius 3 is 2.76 bits per heavy atom. The highest BCUT2D eigenvalue weighted by Crippen LogP contribution is 2.12. The number of amides is 1. The smallest absolute Gasteiger partial charge is 0.287 e. The van der Waals surface area contributed by atoms with Crippen LogP contribution in [0.3, 0.4) is 0 Å². The van der Waals surface area contributed by atoms with E-state index in [0.29, 0.717) is 6.54 Å².